The Hall–Kier alpha value is -3.29. The summed E-state index contributed by atoms with van der Waals surface area (Å²) in [6.07, 6.45) is 0. The Kier molecular flexibility index (Phi) is 7.63. The van der Waals surface area contributed by atoms with Crippen molar-refractivity contribution in [2.24, 2.45) is 5.92 Å². The topological polar surface area (TPSA) is 107 Å². The normalized spacial score (nSPS) is 10.6. The van der Waals surface area contributed by atoms with Gasteiger partial charge in [0.15, 0.2) is 11.5 Å². The number of methoxy groups -OCH3 is 2. The van der Waals surface area contributed by atoms with Crippen molar-refractivity contribution in [1.29, 1.82) is 0 Å². The number of hydrogen-bond acceptors (Lipinski definition) is 6. The smallest absolute Gasteiger partial charge is 0.340 e. The number of aromatic amines is 1. The van der Waals surface area contributed by atoms with E-state index in [-0.39, 0.29) is 29.3 Å². The zero-order valence-corrected chi connectivity index (χ0v) is 18.2. The van der Waals surface area contributed by atoms with Gasteiger partial charge in [0.25, 0.3) is 11.7 Å². The summed E-state index contributed by atoms with van der Waals surface area (Å²) in [5.41, 5.74) is 1.45. The van der Waals surface area contributed by atoms with E-state index in [1.165, 1.54) is 14.2 Å². The van der Waals surface area contributed by atoms with Gasteiger partial charge < -0.3 is 24.5 Å². The standard InChI is InChI=1S/C22H28N2O6/c1-7-30-22(27)17-13(4)24-19(20(25)21(26)23-11-12(2)3)18(17)14-8-9-15(28-5)16(10-14)29-6/h8-10,12,24H,7,11H2,1-6H3,(H,23,26). The van der Waals surface area contributed by atoms with Crippen molar-refractivity contribution in [3.8, 4) is 22.6 Å². The van der Waals surface area contributed by atoms with Crippen LogP contribution in [0.25, 0.3) is 11.1 Å². The number of aromatic nitrogens is 1. The largest absolute Gasteiger partial charge is 0.493 e. The molecule has 0 aliphatic carbocycles. The van der Waals surface area contributed by atoms with E-state index in [4.69, 9.17) is 14.2 Å². The second-order valence-electron chi connectivity index (χ2n) is 7.10. The molecule has 1 aromatic heterocycles. The molecule has 30 heavy (non-hydrogen) atoms. The number of nitrogens with one attached hydrogen (secondary N) is 2. The predicted molar refractivity (Wildman–Crippen MR) is 112 cm³/mol. The minimum Gasteiger partial charge on any atom is -0.493 e. The van der Waals surface area contributed by atoms with Crippen LogP contribution in [-0.2, 0) is 9.53 Å². The van der Waals surface area contributed by atoms with Crippen LogP contribution in [0.2, 0.25) is 0 Å². The molecule has 0 spiro atoms. The lowest BCUT2D eigenvalue weighted by Crippen LogP contribution is -2.34. The monoisotopic (exact) mass is 416 g/mol. The summed E-state index contributed by atoms with van der Waals surface area (Å²) in [6.45, 7) is 7.74. The fourth-order valence-corrected chi connectivity index (χ4v) is 3.02. The summed E-state index contributed by atoms with van der Waals surface area (Å²) in [7, 11) is 3.00. The van der Waals surface area contributed by atoms with Crippen molar-refractivity contribution in [3.05, 3.63) is 35.2 Å². The van der Waals surface area contributed by atoms with Crippen LogP contribution in [0.4, 0.5) is 0 Å². The third-order valence-electron chi connectivity index (χ3n) is 4.44. The lowest BCUT2D eigenvalue weighted by Gasteiger charge is -2.12. The summed E-state index contributed by atoms with van der Waals surface area (Å²) in [6, 6.07) is 5.00. The number of hydrogen-bond donors (Lipinski definition) is 2. The summed E-state index contributed by atoms with van der Waals surface area (Å²) >= 11 is 0. The molecule has 162 valence electrons. The molecule has 0 aliphatic rings. The van der Waals surface area contributed by atoms with E-state index in [1.54, 1.807) is 32.0 Å². The zero-order chi connectivity index (χ0) is 22.4. The number of aryl methyl sites for hydroxylation is 1. The fraction of sp³-hybridized carbons (Fsp3) is 0.409. The number of esters is 1. The molecular weight excluding hydrogens is 388 g/mol. The van der Waals surface area contributed by atoms with E-state index in [0.29, 0.717) is 29.3 Å². The van der Waals surface area contributed by atoms with Crippen LogP contribution in [-0.4, -0.2) is 50.0 Å². The highest BCUT2D eigenvalue weighted by Gasteiger charge is 2.30. The second kappa shape index (κ2) is 9.96. The van der Waals surface area contributed by atoms with Crippen LogP contribution in [0.15, 0.2) is 18.2 Å². The second-order valence-corrected chi connectivity index (χ2v) is 7.10. The van der Waals surface area contributed by atoms with E-state index < -0.39 is 17.7 Å². The van der Waals surface area contributed by atoms with Crippen LogP contribution in [0.3, 0.4) is 0 Å². The third-order valence-corrected chi connectivity index (χ3v) is 4.44. The van der Waals surface area contributed by atoms with Gasteiger partial charge in [0.2, 0.25) is 0 Å². The summed E-state index contributed by atoms with van der Waals surface area (Å²) in [5, 5.41) is 2.61. The number of ketones is 1. The molecule has 1 aromatic carbocycles. The minimum atomic E-state index is -0.765. The molecule has 0 radical (unpaired) electrons. The first-order chi connectivity index (χ1) is 14.2. The molecule has 0 saturated heterocycles. The fourth-order valence-electron chi connectivity index (χ4n) is 3.02. The molecule has 0 fully saturated rings. The lowest BCUT2D eigenvalue weighted by molar-refractivity contribution is -0.117. The molecule has 2 aromatic rings. The molecule has 0 saturated carbocycles. The molecule has 2 N–H and O–H groups in total. The van der Waals surface area contributed by atoms with Crippen molar-refractivity contribution in [1.82, 2.24) is 10.3 Å². The molecule has 1 amide bonds. The van der Waals surface area contributed by atoms with E-state index in [9.17, 15) is 14.4 Å². The number of ether oxygens (including phenoxy) is 3. The average Bonchev–Trinajstić information content (AvgIpc) is 3.07. The van der Waals surface area contributed by atoms with E-state index in [0.717, 1.165) is 0 Å². The van der Waals surface area contributed by atoms with Crippen molar-refractivity contribution in [3.63, 3.8) is 0 Å². The minimum absolute atomic E-state index is 0.0176. The zero-order valence-electron chi connectivity index (χ0n) is 18.2. The molecular formula is C22H28N2O6. The number of rotatable bonds is 9. The number of carbonyl (C=O) groups is 3. The molecule has 0 unspecified atom stereocenters. The van der Waals surface area contributed by atoms with Crippen molar-refractivity contribution in [2.45, 2.75) is 27.7 Å². The van der Waals surface area contributed by atoms with Gasteiger partial charge in [-0.25, -0.2) is 4.79 Å². The average molecular weight is 416 g/mol. The van der Waals surface area contributed by atoms with Crippen LogP contribution < -0.4 is 14.8 Å². The number of carbonyl (C=O) groups excluding carboxylic acids is 3. The molecule has 2 rings (SSSR count). The Balaban J connectivity index is 2.64. The van der Waals surface area contributed by atoms with Gasteiger partial charge in [-0.1, -0.05) is 19.9 Å². The Morgan fingerprint density at radius 3 is 2.33 bits per heavy atom. The first-order valence-corrected chi connectivity index (χ1v) is 9.69. The van der Waals surface area contributed by atoms with Crippen LogP contribution in [0.5, 0.6) is 11.5 Å². The van der Waals surface area contributed by atoms with Crippen molar-refractivity contribution < 1.29 is 28.6 Å². The highest BCUT2D eigenvalue weighted by molar-refractivity contribution is 6.43. The first kappa shape index (κ1) is 23.0. The Bertz CT molecular complexity index is 945. The van der Waals surface area contributed by atoms with Gasteiger partial charge in [-0.15, -0.1) is 0 Å². The highest BCUT2D eigenvalue weighted by Crippen LogP contribution is 2.37. The van der Waals surface area contributed by atoms with Gasteiger partial charge in [-0.3, -0.25) is 9.59 Å². The maximum atomic E-state index is 12.9. The molecule has 8 heteroatoms. The summed E-state index contributed by atoms with van der Waals surface area (Å²) in [4.78, 5) is 40.9. The number of benzene rings is 1. The molecule has 8 nitrogen and oxygen atoms in total. The van der Waals surface area contributed by atoms with Gasteiger partial charge in [0, 0.05) is 17.8 Å². The van der Waals surface area contributed by atoms with Gasteiger partial charge in [-0.05, 0) is 37.5 Å². The summed E-state index contributed by atoms with van der Waals surface area (Å²) in [5.74, 6) is -0.994. The summed E-state index contributed by atoms with van der Waals surface area (Å²) < 4.78 is 15.8. The Labute approximate surface area is 175 Å². The van der Waals surface area contributed by atoms with Gasteiger partial charge in [-0.2, -0.15) is 0 Å². The van der Waals surface area contributed by atoms with Gasteiger partial charge >= 0.3 is 5.97 Å². The molecule has 0 bridgehead atoms. The third kappa shape index (κ3) is 4.82. The van der Waals surface area contributed by atoms with Crippen LogP contribution in [0, 0.1) is 12.8 Å². The Morgan fingerprint density at radius 2 is 1.77 bits per heavy atom. The molecule has 1 heterocycles. The first-order valence-electron chi connectivity index (χ1n) is 9.69. The Morgan fingerprint density at radius 1 is 1.10 bits per heavy atom. The number of Topliss-reactive ketones (excluding diaryl/α,β-unsaturated/α-hetero) is 1. The molecule has 0 atom stereocenters. The van der Waals surface area contributed by atoms with Crippen molar-refractivity contribution in [2.75, 3.05) is 27.4 Å². The SMILES string of the molecule is CCOC(=O)c1c(C)[nH]c(C(=O)C(=O)NCC(C)C)c1-c1ccc(OC)c(OC)c1. The van der Waals surface area contributed by atoms with E-state index in [2.05, 4.69) is 10.3 Å². The van der Waals surface area contributed by atoms with E-state index in [1.807, 2.05) is 13.8 Å². The number of amides is 1. The van der Waals surface area contributed by atoms with E-state index >= 15 is 0 Å². The van der Waals surface area contributed by atoms with Crippen LogP contribution >= 0.6 is 0 Å². The lowest BCUT2D eigenvalue weighted by atomic mass is 9.97. The molecule has 0 aliphatic heterocycles. The van der Waals surface area contributed by atoms with Crippen molar-refractivity contribution >= 4 is 17.7 Å². The number of H-pyrrole nitrogens is 1. The van der Waals surface area contributed by atoms with Gasteiger partial charge in [0.05, 0.1) is 26.4 Å². The predicted octanol–water partition coefficient (Wildman–Crippen LogP) is 3.14. The maximum Gasteiger partial charge on any atom is 0.340 e. The van der Waals surface area contributed by atoms with Crippen LogP contribution in [0.1, 0.15) is 47.3 Å². The van der Waals surface area contributed by atoms with Gasteiger partial charge in [0.1, 0.15) is 5.69 Å². The quantitative estimate of drug-likeness (QED) is 0.369. The maximum absolute atomic E-state index is 12.9. The highest BCUT2D eigenvalue weighted by atomic mass is 16.5.